The summed E-state index contributed by atoms with van der Waals surface area (Å²) < 4.78 is 65.3. The summed E-state index contributed by atoms with van der Waals surface area (Å²) >= 11 is 0. The molecule has 0 saturated carbocycles. The molecule has 0 saturated heterocycles. The molecule has 0 unspecified atom stereocenters. The summed E-state index contributed by atoms with van der Waals surface area (Å²) in [5, 5.41) is 2.25. The molecule has 34 heavy (non-hydrogen) atoms. The molecule has 0 aliphatic rings. The van der Waals surface area contributed by atoms with Crippen LogP contribution in [0.5, 0.6) is 0 Å². The second-order valence-electron chi connectivity index (χ2n) is 8.71. The maximum Gasteiger partial charge on any atom is 0.523 e. The minimum atomic E-state index is -5.52. The number of aromatic nitrogens is 1. The van der Waals surface area contributed by atoms with E-state index in [1.165, 1.54) is 0 Å². The molecule has 10 heteroatoms. The number of nitrogens with zero attached hydrogens (tertiary/aromatic N) is 3. The number of aryl methyl sites for hydroxylation is 1. The maximum absolute atomic E-state index is 12.3. The van der Waals surface area contributed by atoms with E-state index in [1.807, 2.05) is 28.2 Å². The third-order valence-electron chi connectivity index (χ3n) is 5.75. The number of hydrogen-bond donors (Lipinski definition) is 0. The van der Waals surface area contributed by atoms with E-state index in [9.17, 15) is 21.6 Å². The minimum absolute atomic E-state index is 0.242. The Morgan fingerprint density at radius 2 is 1.29 bits per heavy atom. The molecule has 0 atom stereocenters. The summed E-state index contributed by atoms with van der Waals surface area (Å²) in [6, 6.07) is 14.9. The van der Waals surface area contributed by atoms with Crippen molar-refractivity contribution in [2.75, 3.05) is 44.6 Å². The fourth-order valence-electron chi connectivity index (χ4n) is 3.83. The van der Waals surface area contributed by atoms with Gasteiger partial charge in [-0.2, -0.15) is 26.2 Å². The molecular formula is C24H31F3N3O3S+. The largest absolute Gasteiger partial charge is 0.523 e. The molecule has 3 rings (SSSR count). The lowest BCUT2D eigenvalue weighted by atomic mass is 10.1. The Balaban J connectivity index is 1.77. The van der Waals surface area contributed by atoms with Gasteiger partial charge in [-0.1, -0.05) is 6.42 Å². The van der Waals surface area contributed by atoms with Crippen molar-refractivity contribution in [2.45, 2.75) is 37.7 Å². The summed E-state index contributed by atoms with van der Waals surface area (Å²) in [5.41, 5.74) is -0.987. The molecule has 3 aromatic rings. The lowest BCUT2D eigenvalue weighted by Crippen LogP contribution is -2.36. The monoisotopic (exact) mass is 498 g/mol. The molecule has 0 amide bonds. The van der Waals surface area contributed by atoms with E-state index in [0.717, 1.165) is 52.6 Å². The fraction of sp³-hybridized carbons (Fsp3) is 0.458. The van der Waals surface area contributed by atoms with Crippen LogP contribution in [0.25, 0.3) is 21.8 Å². The van der Waals surface area contributed by atoms with E-state index in [2.05, 4.69) is 61.0 Å². The first kappa shape index (κ1) is 26.0. The van der Waals surface area contributed by atoms with Crippen LogP contribution in [0, 0.1) is 0 Å². The van der Waals surface area contributed by atoms with Gasteiger partial charge in [-0.15, -0.1) is 0 Å². The van der Waals surface area contributed by atoms with Crippen molar-refractivity contribution in [3.8, 4) is 0 Å². The standard InChI is InChI=1S/C24H31F3N3O3S/c1-28(2)20-11-9-18-15-19-10-12-21(29(3)4)17-23(19)30(22(18)16-20)13-7-5-6-8-14-33-34(31,32)24(25,26)27/h9-12,15-17H,5-8,13-14H2,1-4H3/q+1. The second-order valence-corrected chi connectivity index (χ2v) is 10.3. The summed E-state index contributed by atoms with van der Waals surface area (Å²) in [6.07, 6.45) is 2.35. The second kappa shape index (κ2) is 10.4. The van der Waals surface area contributed by atoms with E-state index in [4.69, 9.17) is 0 Å². The van der Waals surface area contributed by atoms with E-state index < -0.39 is 22.2 Å². The summed E-state index contributed by atoms with van der Waals surface area (Å²) in [5.74, 6) is 0. The highest BCUT2D eigenvalue weighted by molar-refractivity contribution is 7.87. The van der Waals surface area contributed by atoms with Gasteiger partial charge >= 0.3 is 15.6 Å². The Bertz CT molecular complexity index is 1190. The molecule has 0 fully saturated rings. The van der Waals surface area contributed by atoms with Gasteiger partial charge in [0, 0.05) is 68.9 Å². The van der Waals surface area contributed by atoms with Crippen LogP contribution in [-0.2, 0) is 20.8 Å². The third-order valence-corrected chi connectivity index (χ3v) is 6.80. The van der Waals surface area contributed by atoms with Crippen LogP contribution in [0.2, 0.25) is 0 Å². The molecule has 1 heterocycles. The first-order valence-electron chi connectivity index (χ1n) is 11.1. The summed E-state index contributed by atoms with van der Waals surface area (Å²) in [7, 11) is 2.47. The Kier molecular flexibility index (Phi) is 7.92. The maximum atomic E-state index is 12.3. The predicted octanol–water partition coefficient (Wildman–Crippen LogP) is 4.84. The zero-order chi connectivity index (χ0) is 25.1. The summed E-state index contributed by atoms with van der Waals surface area (Å²) in [4.78, 5) is 4.11. The van der Waals surface area contributed by atoms with Gasteiger partial charge in [0.25, 0.3) is 0 Å². The van der Waals surface area contributed by atoms with Crippen molar-refractivity contribution in [2.24, 2.45) is 0 Å². The van der Waals surface area contributed by atoms with Gasteiger partial charge in [-0.25, -0.2) is 0 Å². The highest BCUT2D eigenvalue weighted by Gasteiger charge is 2.47. The molecule has 186 valence electrons. The first-order valence-corrected chi connectivity index (χ1v) is 12.5. The third kappa shape index (κ3) is 5.90. The van der Waals surface area contributed by atoms with Gasteiger partial charge in [0.1, 0.15) is 6.54 Å². The zero-order valence-corrected chi connectivity index (χ0v) is 20.7. The molecule has 2 aromatic carbocycles. The average Bonchev–Trinajstić information content (AvgIpc) is 2.76. The van der Waals surface area contributed by atoms with Crippen molar-refractivity contribution in [3.05, 3.63) is 42.5 Å². The van der Waals surface area contributed by atoms with Crippen molar-refractivity contribution in [3.63, 3.8) is 0 Å². The minimum Gasteiger partial charge on any atom is -0.377 e. The van der Waals surface area contributed by atoms with Crippen LogP contribution < -0.4 is 14.4 Å². The number of hydrogen-bond acceptors (Lipinski definition) is 5. The number of anilines is 2. The van der Waals surface area contributed by atoms with Gasteiger partial charge in [-0.3, -0.25) is 4.18 Å². The summed E-state index contributed by atoms with van der Waals surface area (Å²) in [6.45, 7) is 0.258. The van der Waals surface area contributed by atoms with Gasteiger partial charge in [-0.05, 0) is 43.2 Å². The van der Waals surface area contributed by atoms with Crippen LogP contribution >= 0.6 is 0 Å². The van der Waals surface area contributed by atoms with Gasteiger partial charge in [0.2, 0.25) is 11.0 Å². The predicted molar refractivity (Wildman–Crippen MR) is 130 cm³/mol. The van der Waals surface area contributed by atoms with Crippen molar-refractivity contribution in [1.82, 2.24) is 0 Å². The van der Waals surface area contributed by atoms with E-state index >= 15 is 0 Å². The van der Waals surface area contributed by atoms with Gasteiger partial charge in [0.15, 0.2) is 0 Å². The molecule has 1 aromatic heterocycles. The molecule has 0 aliphatic carbocycles. The fourth-order valence-corrected chi connectivity index (χ4v) is 4.30. The smallest absolute Gasteiger partial charge is 0.377 e. The number of benzene rings is 2. The van der Waals surface area contributed by atoms with Crippen molar-refractivity contribution < 1.29 is 30.3 Å². The molecule has 0 spiro atoms. The molecule has 6 nitrogen and oxygen atoms in total. The number of alkyl halides is 3. The highest BCUT2D eigenvalue weighted by Crippen LogP contribution is 2.26. The number of rotatable bonds is 10. The van der Waals surface area contributed by atoms with Crippen LogP contribution in [0.4, 0.5) is 24.5 Å². The topological polar surface area (TPSA) is 53.7 Å². The molecule has 0 radical (unpaired) electrons. The lowest BCUT2D eigenvalue weighted by Gasteiger charge is -2.15. The molecule has 0 aliphatic heterocycles. The Hall–Kier alpha value is -2.59. The SMILES string of the molecule is CN(C)c1ccc2cc3ccc(N(C)C)cc3[n+](CCCCCCOS(=O)(=O)C(F)(F)F)c2c1. The highest BCUT2D eigenvalue weighted by atomic mass is 32.2. The number of fused-ring (bicyclic) bond motifs is 2. The molecule has 0 N–H and O–H groups in total. The van der Waals surface area contributed by atoms with Crippen LogP contribution in [0.3, 0.4) is 0 Å². The Morgan fingerprint density at radius 1 is 0.794 bits per heavy atom. The van der Waals surface area contributed by atoms with E-state index in [1.54, 1.807) is 0 Å². The average molecular weight is 499 g/mol. The van der Waals surface area contributed by atoms with Gasteiger partial charge < -0.3 is 9.80 Å². The molecular weight excluding hydrogens is 467 g/mol. The first-order chi connectivity index (χ1) is 15.9. The van der Waals surface area contributed by atoms with Crippen molar-refractivity contribution in [1.29, 1.82) is 0 Å². The van der Waals surface area contributed by atoms with Crippen LogP contribution in [-0.4, -0.2) is 48.7 Å². The van der Waals surface area contributed by atoms with Gasteiger partial charge in [0.05, 0.1) is 6.61 Å². The Labute approximate surface area is 198 Å². The van der Waals surface area contributed by atoms with Crippen LogP contribution in [0.15, 0.2) is 42.5 Å². The van der Waals surface area contributed by atoms with Crippen molar-refractivity contribution >= 4 is 43.3 Å². The quantitative estimate of drug-likeness (QED) is 0.132. The molecule has 0 bridgehead atoms. The Morgan fingerprint density at radius 3 is 1.76 bits per heavy atom. The normalized spacial score (nSPS) is 12.4. The zero-order valence-electron chi connectivity index (χ0n) is 19.9. The van der Waals surface area contributed by atoms with Crippen LogP contribution in [0.1, 0.15) is 25.7 Å². The number of pyridine rings is 1. The van der Waals surface area contributed by atoms with E-state index in [0.29, 0.717) is 6.42 Å². The lowest BCUT2D eigenvalue weighted by molar-refractivity contribution is -0.645. The number of halogens is 3. The van der Waals surface area contributed by atoms with E-state index in [-0.39, 0.29) is 6.42 Å². The number of unbranched alkanes of at least 4 members (excludes halogenated alkanes) is 3.